The topological polar surface area (TPSA) is 142 Å². The van der Waals surface area contributed by atoms with E-state index in [1.807, 2.05) is 24.3 Å². The Balaban J connectivity index is 1.34. The van der Waals surface area contributed by atoms with E-state index in [1.54, 1.807) is 18.3 Å². The van der Waals surface area contributed by atoms with Crippen LogP contribution in [0.15, 0.2) is 47.0 Å². The van der Waals surface area contributed by atoms with Crippen LogP contribution in [0.3, 0.4) is 0 Å². The molecular weight excluding hydrogens is 516 g/mol. The Kier molecular flexibility index (Phi) is 6.59. The standard InChI is InChI=1S/C28H30N6O4S/c29-18-28(11-12-28)32-26(35)22-5-2-1-4-21(22)25-24(31-27(38-25)23-6-3-13-30-33-23)19-7-9-20(10-8-19)34-14-16-39(36,37)17-15-34/h3,6-10,13,21-22H,1-2,4-5,11-12,14-17H2,(H,32,35). The summed E-state index contributed by atoms with van der Waals surface area (Å²) in [6.07, 6.45) is 6.36. The van der Waals surface area contributed by atoms with Crippen molar-refractivity contribution >= 4 is 21.4 Å². The highest BCUT2D eigenvalue weighted by Gasteiger charge is 2.47. The first-order valence-corrected chi connectivity index (χ1v) is 15.3. The summed E-state index contributed by atoms with van der Waals surface area (Å²) < 4.78 is 30.1. The van der Waals surface area contributed by atoms with Gasteiger partial charge in [-0.1, -0.05) is 25.0 Å². The predicted octanol–water partition coefficient (Wildman–Crippen LogP) is 3.48. The van der Waals surface area contributed by atoms with Crippen molar-refractivity contribution in [2.24, 2.45) is 5.92 Å². The second-order valence-corrected chi connectivity index (χ2v) is 13.0. The third-order valence-electron chi connectivity index (χ3n) is 8.06. The van der Waals surface area contributed by atoms with Crippen LogP contribution in [-0.4, -0.2) is 59.6 Å². The van der Waals surface area contributed by atoms with Crippen LogP contribution < -0.4 is 10.2 Å². The number of oxazole rings is 1. The molecule has 1 amide bonds. The van der Waals surface area contributed by atoms with Crippen molar-refractivity contribution < 1.29 is 17.6 Å². The molecule has 3 fully saturated rings. The maximum Gasteiger partial charge on any atom is 0.247 e. The zero-order chi connectivity index (χ0) is 27.0. The lowest BCUT2D eigenvalue weighted by Crippen LogP contribution is -2.42. The van der Waals surface area contributed by atoms with Crippen LogP contribution in [0.5, 0.6) is 0 Å². The molecule has 1 saturated heterocycles. The van der Waals surface area contributed by atoms with E-state index in [0.29, 0.717) is 49.0 Å². The van der Waals surface area contributed by atoms with Gasteiger partial charge in [0.05, 0.1) is 17.6 Å². The number of carbonyl (C=O) groups excluding carboxylic acids is 1. The monoisotopic (exact) mass is 546 g/mol. The number of aromatic nitrogens is 3. The molecule has 1 N–H and O–H groups in total. The van der Waals surface area contributed by atoms with Gasteiger partial charge in [0.15, 0.2) is 9.84 Å². The van der Waals surface area contributed by atoms with E-state index in [2.05, 4.69) is 26.5 Å². The number of anilines is 1. The van der Waals surface area contributed by atoms with Crippen molar-refractivity contribution in [3.8, 4) is 28.9 Å². The normalized spacial score (nSPS) is 23.5. The first kappa shape index (κ1) is 25.5. The number of carbonyl (C=O) groups is 1. The fraction of sp³-hybridized carbons (Fsp3) is 0.464. The van der Waals surface area contributed by atoms with E-state index in [0.717, 1.165) is 36.9 Å². The number of nitriles is 1. The Hall–Kier alpha value is -3.78. The van der Waals surface area contributed by atoms with E-state index in [-0.39, 0.29) is 29.2 Å². The average molecular weight is 547 g/mol. The fourth-order valence-electron chi connectivity index (χ4n) is 5.59. The molecular formula is C28H30N6O4S. The van der Waals surface area contributed by atoms with E-state index in [1.165, 1.54) is 0 Å². The zero-order valence-corrected chi connectivity index (χ0v) is 22.4. The van der Waals surface area contributed by atoms with E-state index in [4.69, 9.17) is 9.40 Å². The average Bonchev–Trinajstić information content (AvgIpc) is 3.60. The third-order valence-corrected chi connectivity index (χ3v) is 9.67. The van der Waals surface area contributed by atoms with Crippen molar-refractivity contribution in [1.82, 2.24) is 20.5 Å². The number of rotatable bonds is 6. The lowest BCUT2D eigenvalue weighted by molar-refractivity contribution is -0.127. The SMILES string of the molecule is N#CC1(NC(=O)C2CCCCC2c2oc(-c3cccnn3)nc2-c2ccc(N3CCS(=O)(=O)CC3)cc2)CC1. The van der Waals surface area contributed by atoms with Gasteiger partial charge in [-0.15, -0.1) is 5.10 Å². The molecule has 2 aromatic heterocycles. The molecule has 0 radical (unpaired) electrons. The molecule has 6 rings (SSSR count). The first-order chi connectivity index (χ1) is 18.9. The summed E-state index contributed by atoms with van der Waals surface area (Å²) in [5.41, 5.74) is 2.24. The number of benzene rings is 1. The maximum absolute atomic E-state index is 13.4. The second kappa shape index (κ2) is 10.1. The number of amides is 1. The minimum absolute atomic E-state index is 0.0995. The van der Waals surface area contributed by atoms with Crippen molar-refractivity contribution in [3.63, 3.8) is 0 Å². The molecule has 11 heteroatoms. The van der Waals surface area contributed by atoms with E-state index in [9.17, 15) is 18.5 Å². The number of hydrogen-bond acceptors (Lipinski definition) is 9. The molecule has 2 atom stereocenters. The molecule has 2 saturated carbocycles. The van der Waals surface area contributed by atoms with Gasteiger partial charge in [0.25, 0.3) is 0 Å². The van der Waals surface area contributed by atoms with Gasteiger partial charge >= 0.3 is 0 Å². The van der Waals surface area contributed by atoms with E-state index < -0.39 is 15.4 Å². The summed E-state index contributed by atoms with van der Waals surface area (Å²) in [7, 11) is -2.96. The maximum atomic E-state index is 13.4. The molecule has 1 aliphatic heterocycles. The second-order valence-electron chi connectivity index (χ2n) is 10.7. The van der Waals surface area contributed by atoms with Gasteiger partial charge in [0.1, 0.15) is 22.7 Å². The first-order valence-electron chi connectivity index (χ1n) is 13.4. The largest absolute Gasteiger partial charge is 0.439 e. The van der Waals surface area contributed by atoms with Crippen LogP contribution in [0, 0.1) is 17.2 Å². The highest BCUT2D eigenvalue weighted by atomic mass is 32.2. The minimum atomic E-state index is -2.96. The summed E-state index contributed by atoms with van der Waals surface area (Å²) in [5, 5.41) is 20.7. The molecule has 2 unspecified atom stereocenters. The highest BCUT2D eigenvalue weighted by molar-refractivity contribution is 7.91. The van der Waals surface area contributed by atoms with Crippen molar-refractivity contribution in [2.45, 2.75) is 50.0 Å². The number of nitrogens with one attached hydrogen (secondary N) is 1. The Labute approximate surface area is 227 Å². The molecule has 2 aliphatic carbocycles. The van der Waals surface area contributed by atoms with Gasteiger partial charge < -0.3 is 14.6 Å². The van der Waals surface area contributed by atoms with Gasteiger partial charge in [-0.05, 0) is 49.9 Å². The van der Waals surface area contributed by atoms with Crippen molar-refractivity contribution in [2.75, 3.05) is 29.5 Å². The van der Waals surface area contributed by atoms with Gasteiger partial charge in [0, 0.05) is 42.4 Å². The molecule has 1 aromatic carbocycles. The lowest BCUT2D eigenvalue weighted by Gasteiger charge is -2.30. The summed E-state index contributed by atoms with van der Waals surface area (Å²) in [5.74, 6) is 0.697. The minimum Gasteiger partial charge on any atom is -0.439 e. The number of sulfone groups is 1. The van der Waals surface area contributed by atoms with Gasteiger partial charge in [-0.3, -0.25) is 4.79 Å². The van der Waals surface area contributed by atoms with Crippen LogP contribution in [0.25, 0.3) is 22.8 Å². The van der Waals surface area contributed by atoms with Crippen molar-refractivity contribution in [3.05, 3.63) is 48.4 Å². The third kappa shape index (κ3) is 5.26. The Morgan fingerprint density at radius 2 is 1.85 bits per heavy atom. The molecule has 3 aliphatic rings. The molecule has 3 aromatic rings. The molecule has 202 valence electrons. The summed E-state index contributed by atoms with van der Waals surface area (Å²) >= 11 is 0. The Bertz CT molecular complexity index is 1500. The van der Waals surface area contributed by atoms with Gasteiger partial charge in [0.2, 0.25) is 11.8 Å². The number of nitrogens with zero attached hydrogens (tertiary/aromatic N) is 5. The van der Waals surface area contributed by atoms with Crippen LogP contribution in [0.2, 0.25) is 0 Å². The van der Waals surface area contributed by atoms with E-state index >= 15 is 0 Å². The quantitative estimate of drug-likeness (QED) is 0.492. The summed E-state index contributed by atoms with van der Waals surface area (Å²) in [6.45, 7) is 0.938. The Morgan fingerprint density at radius 3 is 2.51 bits per heavy atom. The molecule has 39 heavy (non-hydrogen) atoms. The summed E-state index contributed by atoms with van der Waals surface area (Å²) in [4.78, 5) is 20.3. The van der Waals surface area contributed by atoms with Crippen LogP contribution in [-0.2, 0) is 14.6 Å². The van der Waals surface area contributed by atoms with Crippen LogP contribution in [0.4, 0.5) is 5.69 Å². The van der Waals surface area contributed by atoms with Crippen LogP contribution >= 0.6 is 0 Å². The Morgan fingerprint density at radius 1 is 1.10 bits per heavy atom. The molecule has 10 nitrogen and oxygen atoms in total. The number of hydrogen-bond donors (Lipinski definition) is 1. The highest BCUT2D eigenvalue weighted by Crippen LogP contribution is 2.44. The van der Waals surface area contributed by atoms with Gasteiger partial charge in [-0.25, -0.2) is 13.4 Å². The lowest BCUT2D eigenvalue weighted by atomic mass is 9.76. The van der Waals surface area contributed by atoms with Crippen molar-refractivity contribution in [1.29, 1.82) is 5.26 Å². The summed E-state index contributed by atoms with van der Waals surface area (Å²) in [6, 6.07) is 13.7. The zero-order valence-electron chi connectivity index (χ0n) is 21.5. The fourth-order valence-corrected chi connectivity index (χ4v) is 6.79. The predicted molar refractivity (Wildman–Crippen MR) is 144 cm³/mol. The van der Waals surface area contributed by atoms with Crippen LogP contribution in [0.1, 0.15) is 50.2 Å². The molecule has 0 bridgehead atoms. The molecule has 0 spiro atoms. The smallest absolute Gasteiger partial charge is 0.247 e. The molecule has 3 heterocycles. The van der Waals surface area contributed by atoms with Gasteiger partial charge in [-0.2, -0.15) is 10.4 Å².